The van der Waals surface area contributed by atoms with Gasteiger partial charge in [0, 0.05) is 12.5 Å². The first-order valence-electron chi connectivity index (χ1n) is 8.07. The van der Waals surface area contributed by atoms with Crippen molar-refractivity contribution in [2.24, 2.45) is 5.92 Å². The summed E-state index contributed by atoms with van der Waals surface area (Å²) >= 11 is 1.51. The number of hydrogen-bond donors (Lipinski definition) is 1. The van der Waals surface area contributed by atoms with E-state index in [9.17, 15) is 4.79 Å². The molecule has 1 fully saturated rings. The van der Waals surface area contributed by atoms with Crippen LogP contribution < -0.4 is 10.1 Å². The molecule has 2 aromatic rings. The Hall–Kier alpha value is -1.88. The summed E-state index contributed by atoms with van der Waals surface area (Å²) in [6, 6.07) is 7.86. The minimum Gasteiger partial charge on any atom is -0.493 e. The van der Waals surface area contributed by atoms with Gasteiger partial charge in [0.05, 0.1) is 17.8 Å². The van der Waals surface area contributed by atoms with Gasteiger partial charge in [-0.3, -0.25) is 4.79 Å². The Kier molecular flexibility index (Phi) is 4.96. The maximum absolute atomic E-state index is 12.2. The van der Waals surface area contributed by atoms with Crippen LogP contribution in [-0.2, 0) is 6.54 Å². The smallest absolute Gasteiger partial charge is 0.263 e. The normalized spacial score (nSPS) is 14.0. The van der Waals surface area contributed by atoms with E-state index >= 15 is 0 Å². The van der Waals surface area contributed by atoms with Crippen molar-refractivity contribution in [1.82, 2.24) is 10.3 Å². The number of benzene rings is 1. The second kappa shape index (κ2) is 7.13. The lowest BCUT2D eigenvalue weighted by Gasteiger charge is -2.10. The van der Waals surface area contributed by atoms with Crippen LogP contribution in [0.2, 0.25) is 0 Å². The second-order valence-corrected chi connectivity index (χ2v) is 7.43. The maximum Gasteiger partial charge on any atom is 0.263 e. The first-order valence-corrected chi connectivity index (χ1v) is 8.89. The lowest BCUT2D eigenvalue weighted by molar-refractivity contribution is 0.0954. The molecule has 0 unspecified atom stereocenters. The third-order valence-corrected chi connectivity index (χ3v) is 4.77. The van der Waals surface area contributed by atoms with Crippen LogP contribution in [0.15, 0.2) is 30.5 Å². The monoisotopic (exact) mass is 330 g/mol. The molecule has 0 aliphatic heterocycles. The molecule has 5 heteroatoms. The highest BCUT2D eigenvalue weighted by Crippen LogP contribution is 2.41. The number of rotatable bonds is 7. The molecular formula is C18H22N2O2S. The summed E-state index contributed by atoms with van der Waals surface area (Å²) in [5, 5.41) is 4.05. The van der Waals surface area contributed by atoms with Crippen molar-refractivity contribution in [3.8, 4) is 5.75 Å². The molecule has 0 saturated heterocycles. The number of carbonyl (C=O) groups is 1. The number of thiazole rings is 1. The van der Waals surface area contributed by atoms with E-state index in [0.717, 1.165) is 16.3 Å². The lowest BCUT2D eigenvalue weighted by atomic mass is 10.2. The molecule has 1 amide bonds. The molecule has 122 valence electrons. The Bertz CT molecular complexity index is 677. The second-order valence-electron chi connectivity index (χ2n) is 6.37. The first-order chi connectivity index (χ1) is 11.1. The number of ether oxygens (including phenoxy) is 1. The predicted molar refractivity (Wildman–Crippen MR) is 92.0 cm³/mol. The van der Waals surface area contributed by atoms with Gasteiger partial charge in [-0.1, -0.05) is 26.0 Å². The molecule has 1 aromatic carbocycles. The van der Waals surface area contributed by atoms with E-state index in [-0.39, 0.29) is 5.91 Å². The van der Waals surface area contributed by atoms with Crippen LogP contribution in [-0.4, -0.2) is 17.5 Å². The van der Waals surface area contributed by atoms with Gasteiger partial charge in [-0.05, 0) is 36.5 Å². The highest BCUT2D eigenvalue weighted by Gasteiger charge is 2.27. The summed E-state index contributed by atoms with van der Waals surface area (Å²) in [7, 11) is 0. The minimum absolute atomic E-state index is 0.0529. The van der Waals surface area contributed by atoms with Crippen LogP contribution >= 0.6 is 11.3 Å². The topological polar surface area (TPSA) is 51.2 Å². The summed E-state index contributed by atoms with van der Waals surface area (Å²) in [4.78, 5) is 17.2. The van der Waals surface area contributed by atoms with E-state index in [2.05, 4.69) is 24.1 Å². The van der Waals surface area contributed by atoms with Gasteiger partial charge in [-0.2, -0.15) is 0 Å². The Labute approximate surface area is 140 Å². The van der Waals surface area contributed by atoms with Crippen LogP contribution in [0.3, 0.4) is 0 Å². The number of hydrogen-bond acceptors (Lipinski definition) is 4. The van der Waals surface area contributed by atoms with E-state index in [4.69, 9.17) is 4.74 Å². The molecule has 3 rings (SSSR count). The summed E-state index contributed by atoms with van der Waals surface area (Å²) in [5.41, 5.74) is 1.03. The van der Waals surface area contributed by atoms with Crippen LogP contribution in [0.25, 0.3) is 0 Å². The van der Waals surface area contributed by atoms with Crippen molar-refractivity contribution >= 4 is 17.2 Å². The van der Waals surface area contributed by atoms with E-state index in [1.807, 2.05) is 24.3 Å². The Morgan fingerprint density at radius 2 is 2.26 bits per heavy atom. The molecule has 0 spiro atoms. The number of carbonyl (C=O) groups excluding carboxylic acids is 1. The molecular weight excluding hydrogens is 308 g/mol. The first kappa shape index (κ1) is 16.0. The third kappa shape index (κ3) is 4.55. The Morgan fingerprint density at radius 1 is 1.43 bits per heavy atom. The highest BCUT2D eigenvalue weighted by molar-refractivity contribution is 7.13. The number of nitrogens with one attached hydrogen (secondary N) is 1. The van der Waals surface area contributed by atoms with E-state index < -0.39 is 0 Å². The van der Waals surface area contributed by atoms with E-state index in [1.54, 1.807) is 6.20 Å². The summed E-state index contributed by atoms with van der Waals surface area (Å²) < 4.78 is 5.72. The number of aromatic nitrogens is 1. The third-order valence-electron chi connectivity index (χ3n) is 3.61. The minimum atomic E-state index is -0.0529. The quantitative estimate of drug-likeness (QED) is 0.835. The van der Waals surface area contributed by atoms with Gasteiger partial charge in [-0.15, -0.1) is 11.3 Å². The fourth-order valence-corrected chi connectivity index (χ4v) is 3.19. The zero-order valence-corrected chi connectivity index (χ0v) is 14.4. The highest BCUT2D eigenvalue weighted by atomic mass is 32.1. The van der Waals surface area contributed by atoms with Crippen LogP contribution in [0.1, 0.15) is 52.8 Å². The molecule has 1 N–H and O–H groups in total. The summed E-state index contributed by atoms with van der Waals surface area (Å²) in [6.45, 7) is 5.43. The lowest BCUT2D eigenvalue weighted by Crippen LogP contribution is -2.21. The molecule has 0 atom stereocenters. The molecule has 1 aromatic heterocycles. The predicted octanol–water partition coefficient (Wildman–Crippen LogP) is 3.99. The van der Waals surface area contributed by atoms with Gasteiger partial charge >= 0.3 is 0 Å². The van der Waals surface area contributed by atoms with Crippen LogP contribution in [0.4, 0.5) is 0 Å². The SMILES string of the molecule is CC(C)COc1cccc(CNC(=O)c2cnc(C3CC3)s2)c1. The van der Waals surface area contributed by atoms with Gasteiger partial charge in [0.1, 0.15) is 10.6 Å². The van der Waals surface area contributed by atoms with Crippen LogP contribution in [0.5, 0.6) is 5.75 Å². The zero-order valence-electron chi connectivity index (χ0n) is 13.5. The van der Waals surface area contributed by atoms with Gasteiger partial charge < -0.3 is 10.1 Å². The number of amides is 1. The molecule has 23 heavy (non-hydrogen) atoms. The molecule has 1 aliphatic carbocycles. The maximum atomic E-state index is 12.2. The van der Waals surface area contributed by atoms with E-state index in [0.29, 0.717) is 29.9 Å². The standard InChI is InChI=1S/C18H22N2O2S/c1-12(2)11-22-15-5-3-4-13(8-15)9-19-17(21)16-10-20-18(23-16)14-6-7-14/h3-5,8,10,12,14H,6-7,9,11H2,1-2H3,(H,19,21). The van der Waals surface area contributed by atoms with Gasteiger partial charge in [0.2, 0.25) is 0 Å². The fraction of sp³-hybridized carbons (Fsp3) is 0.444. The average Bonchev–Trinajstić information content (AvgIpc) is 3.28. The molecule has 4 nitrogen and oxygen atoms in total. The summed E-state index contributed by atoms with van der Waals surface area (Å²) in [6.07, 6.45) is 4.10. The van der Waals surface area contributed by atoms with Crippen molar-refractivity contribution in [2.75, 3.05) is 6.61 Å². The van der Waals surface area contributed by atoms with Gasteiger partial charge in [0.25, 0.3) is 5.91 Å². The zero-order chi connectivity index (χ0) is 16.2. The fourth-order valence-electron chi connectivity index (χ4n) is 2.19. The van der Waals surface area contributed by atoms with Crippen molar-refractivity contribution in [3.05, 3.63) is 45.9 Å². The molecule has 1 aliphatic rings. The van der Waals surface area contributed by atoms with E-state index in [1.165, 1.54) is 24.2 Å². The molecule has 1 saturated carbocycles. The Morgan fingerprint density at radius 3 is 3.00 bits per heavy atom. The largest absolute Gasteiger partial charge is 0.493 e. The van der Waals surface area contributed by atoms with Crippen molar-refractivity contribution < 1.29 is 9.53 Å². The van der Waals surface area contributed by atoms with Gasteiger partial charge in [0.15, 0.2) is 0 Å². The molecule has 0 bridgehead atoms. The number of nitrogens with zero attached hydrogens (tertiary/aromatic N) is 1. The van der Waals surface area contributed by atoms with Gasteiger partial charge in [-0.25, -0.2) is 4.98 Å². The molecule has 0 radical (unpaired) electrons. The van der Waals surface area contributed by atoms with Crippen molar-refractivity contribution in [2.45, 2.75) is 39.2 Å². The average molecular weight is 330 g/mol. The van der Waals surface area contributed by atoms with Crippen LogP contribution in [0, 0.1) is 5.92 Å². The summed E-state index contributed by atoms with van der Waals surface area (Å²) in [5.74, 6) is 1.88. The molecule has 1 heterocycles. The van der Waals surface area contributed by atoms with Crippen molar-refractivity contribution in [3.63, 3.8) is 0 Å². The Balaban J connectivity index is 1.54. The van der Waals surface area contributed by atoms with Crippen molar-refractivity contribution in [1.29, 1.82) is 0 Å².